The van der Waals surface area contributed by atoms with E-state index in [1.54, 1.807) is 0 Å². The van der Waals surface area contributed by atoms with Gasteiger partial charge in [0.25, 0.3) is 0 Å². The summed E-state index contributed by atoms with van der Waals surface area (Å²) in [4.78, 5) is 13.0. The van der Waals surface area contributed by atoms with Gasteiger partial charge in [0.15, 0.2) is 0 Å². The fourth-order valence-corrected chi connectivity index (χ4v) is 2.92. The Labute approximate surface area is 154 Å². The molecule has 132 valence electrons. The van der Waals surface area contributed by atoms with Crippen molar-refractivity contribution in [3.05, 3.63) is 65.2 Å². The van der Waals surface area contributed by atoms with Crippen LogP contribution in [-0.4, -0.2) is 20.1 Å². The fraction of sp³-hybridized carbons (Fsp3) is 0.250. The first kappa shape index (κ1) is 18.9. The summed E-state index contributed by atoms with van der Waals surface area (Å²) in [6, 6.07) is 16.2. The molecule has 0 atom stereocenters. The van der Waals surface area contributed by atoms with Crippen molar-refractivity contribution >= 4 is 35.8 Å². The van der Waals surface area contributed by atoms with Crippen LogP contribution in [0.15, 0.2) is 48.5 Å². The Balaban J connectivity index is 2.05. The molecule has 2 aromatic carbocycles. The van der Waals surface area contributed by atoms with Gasteiger partial charge >= 0.3 is 6.03 Å². The predicted octanol–water partition coefficient (Wildman–Crippen LogP) is 4.47. The molecule has 0 aliphatic heterocycles. The molecule has 0 aliphatic carbocycles. The topological polar surface area (TPSA) is 58.4 Å². The van der Waals surface area contributed by atoms with E-state index < -0.39 is 6.03 Å². The Kier molecular flexibility index (Phi) is 6.15. The van der Waals surface area contributed by atoms with Gasteiger partial charge in [-0.3, -0.25) is 4.72 Å². The van der Waals surface area contributed by atoms with Crippen LogP contribution in [0.2, 0.25) is 0 Å². The molecular weight excluding hydrogens is 330 g/mol. The zero-order valence-electron chi connectivity index (χ0n) is 15.1. The van der Waals surface area contributed by atoms with E-state index in [0.717, 1.165) is 16.7 Å². The van der Waals surface area contributed by atoms with Crippen molar-refractivity contribution in [3.8, 4) is 0 Å². The number of nitrogens with one attached hydrogen (secondary N) is 1. The molecule has 0 spiro atoms. The summed E-state index contributed by atoms with van der Waals surface area (Å²) in [7, 11) is 4.07. The number of nitrogens with zero attached hydrogens (tertiary/aromatic N) is 1. The highest BCUT2D eigenvalue weighted by atomic mass is 32.2. The lowest BCUT2D eigenvalue weighted by atomic mass is 10.0. The van der Waals surface area contributed by atoms with Crippen LogP contribution in [0.4, 0.5) is 10.5 Å². The van der Waals surface area contributed by atoms with Crippen molar-refractivity contribution < 1.29 is 4.79 Å². The highest BCUT2D eigenvalue weighted by Crippen LogP contribution is 2.33. The van der Waals surface area contributed by atoms with Gasteiger partial charge in [0.1, 0.15) is 0 Å². The summed E-state index contributed by atoms with van der Waals surface area (Å²) in [6.45, 7) is 4.09. The van der Waals surface area contributed by atoms with Crippen LogP contribution in [0.5, 0.6) is 0 Å². The number of benzene rings is 2. The lowest BCUT2D eigenvalue weighted by molar-refractivity contribution is 0.254. The van der Waals surface area contributed by atoms with Gasteiger partial charge in [-0.25, -0.2) is 4.79 Å². The van der Waals surface area contributed by atoms with Crippen molar-refractivity contribution in [2.75, 3.05) is 19.0 Å². The smallest absolute Gasteiger partial charge is 0.322 e. The summed E-state index contributed by atoms with van der Waals surface area (Å²) in [5, 5.41) is 0. The monoisotopic (exact) mass is 355 g/mol. The number of urea groups is 1. The van der Waals surface area contributed by atoms with Crippen molar-refractivity contribution in [2.45, 2.75) is 18.6 Å². The maximum absolute atomic E-state index is 10.9. The van der Waals surface area contributed by atoms with Crippen molar-refractivity contribution in [3.63, 3.8) is 0 Å². The van der Waals surface area contributed by atoms with Crippen LogP contribution < -0.4 is 15.4 Å². The third-order valence-electron chi connectivity index (χ3n) is 3.89. The van der Waals surface area contributed by atoms with Gasteiger partial charge in [0.2, 0.25) is 0 Å². The summed E-state index contributed by atoms with van der Waals surface area (Å²) >= 11 is 1.31. The van der Waals surface area contributed by atoms with Gasteiger partial charge in [-0.1, -0.05) is 48.6 Å². The first-order valence-corrected chi connectivity index (χ1v) is 8.89. The molecule has 3 N–H and O–H groups in total. The first-order valence-electron chi connectivity index (χ1n) is 8.07. The Morgan fingerprint density at radius 1 is 1.00 bits per heavy atom. The Hall–Kier alpha value is -2.40. The zero-order valence-corrected chi connectivity index (χ0v) is 15.9. The standard InChI is InChI=1S/C20H25N3OS/c1-20(2,25-22-19(21)24)17-11-7-15(8-12-17)5-6-16-9-13-18(14-10-16)23(3)4/h5-14H,1-4H3,(H3,21,22,24). The van der Waals surface area contributed by atoms with Crippen molar-refractivity contribution in [1.29, 1.82) is 0 Å². The number of carbonyl (C=O) groups is 1. The molecule has 4 nitrogen and oxygen atoms in total. The molecule has 2 amide bonds. The minimum atomic E-state index is -0.530. The quantitative estimate of drug-likeness (QED) is 0.593. The number of hydrogen-bond donors (Lipinski definition) is 2. The van der Waals surface area contributed by atoms with Crippen LogP contribution in [0, 0.1) is 0 Å². The van der Waals surface area contributed by atoms with E-state index in [4.69, 9.17) is 5.73 Å². The number of carbonyl (C=O) groups excluding carboxylic acids is 1. The Morgan fingerprint density at radius 2 is 1.48 bits per heavy atom. The van der Waals surface area contributed by atoms with Crippen LogP contribution in [0.25, 0.3) is 12.2 Å². The minimum absolute atomic E-state index is 0.251. The molecule has 2 aromatic rings. The second-order valence-corrected chi connectivity index (χ2v) is 7.95. The van der Waals surface area contributed by atoms with Crippen LogP contribution in [-0.2, 0) is 4.75 Å². The summed E-state index contributed by atoms with van der Waals surface area (Å²) in [6.07, 6.45) is 4.19. The van der Waals surface area contributed by atoms with E-state index in [1.807, 2.05) is 27.9 Å². The van der Waals surface area contributed by atoms with E-state index in [9.17, 15) is 4.79 Å². The molecule has 0 fully saturated rings. The second kappa shape index (κ2) is 8.12. The lowest BCUT2D eigenvalue weighted by Gasteiger charge is -2.24. The minimum Gasteiger partial charge on any atom is -0.378 e. The number of rotatable bonds is 6. The third-order valence-corrected chi connectivity index (χ3v) is 4.94. The fourth-order valence-electron chi connectivity index (χ4n) is 2.31. The van der Waals surface area contributed by atoms with Gasteiger partial charge in [-0.05, 0) is 54.6 Å². The molecule has 0 aromatic heterocycles. The van der Waals surface area contributed by atoms with Crippen LogP contribution in [0.3, 0.4) is 0 Å². The van der Waals surface area contributed by atoms with E-state index >= 15 is 0 Å². The van der Waals surface area contributed by atoms with Gasteiger partial charge in [-0.15, -0.1) is 0 Å². The maximum atomic E-state index is 10.9. The number of anilines is 1. The third kappa shape index (κ3) is 5.57. The van der Waals surface area contributed by atoms with Crippen molar-refractivity contribution in [1.82, 2.24) is 4.72 Å². The second-order valence-electron chi connectivity index (χ2n) is 6.52. The van der Waals surface area contributed by atoms with E-state index in [-0.39, 0.29) is 4.75 Å². The molecule has 0 saturated heterocycles. The molecule has 5 heteroatoms. The Morgan fingerprint density at radius 3 is 1.92 bits per heavy atom. The largest absolute Gasteiger partial charge is 0.378 e. The average molecular weight is 356 g/mol. The Bertz CT molecular complexity index is 735. The average Bonchev–Trinajstić information content (AvgIpc) is 2.59. The van der Waals surface area contributed by atoms with Crippen LogP contribution >= 0.6 is 11.9 Å². The number of amides is 2. The number of hydrogen-bond acceptors (Lipinski definition) is 3. The first-order chi connectivity index (χ1) is 11.8. The summed E-state index contributed by atoms with van der Waals surface area (Å²) in [5.41, 5.74) is 9.74. The van der Waals surface area contributed by atoms with Crippen LogP contribution in [0.1, 0.15) is 30.5 Å². The number of primary amides is 1. The van der Waals surface area contributed by atoms with Gasteiger partial charge < -0.3 is 10.6 Å². The highest BCUT2D eigenvalue weighted by Gasteiger charge is 2.22. The molecule has 0 heterocycles. The molecule has 0 aliphatic rings. The molecule has 25 heavy (non-hydrogen) atoms. The van der Waals surface area contributed by atoms with E-state index in [0.29, 0.717) is 0 Å². The molecule has 0 bridgehead atoms. The molecule has 0 unspecified atom stereocenters. The predicted molar refractivity (Wildman–Crippen MR) is 109 cm³/mol. The normalized spacial score (nSPS) is 11.5. The van der Waals surface area contributed by atoms with Gasteiger partial charge in [-0.2, -0.15) is 0 Å². The molecule has 0 saturated carbocycles. The zero-order chi connectivity index (χ0) is 18.4. The van der Waals surface area contributed by atoms with E-state index in [2.05, 4.69) is 70.3 Å². The SMILES string of the molecule is CN(C)c1ccc(C=Cc2ccc(C(C)(C)SNC(N)=O)cc2)cc1. The molecule has 2 rings (SSSR count). The van der Waals surface area contributed by atoms with E-state index in [1.165, 1.54) is 17.6 Å². The van der Waals surface area contributed by atoms with Crippen molar-refractivity contribution in [2.24, 2.45) is 5.73 Å². The maximum Gasteiger partial charge on any atom is 0.322 e. The molecule has 0 radical (unpaired) electrons. The highest BCUT2D eigenvalue weighted by molar-refractivity contribution is 7.98. The summed E-state index contributed by atoms with van der Waals surface area (Å²) < 4.78 is 2.35. The summed E-state index contributed by atoms with van der Waals surface area (Å²) in [5.74, 6) is 0. The number of nitrogens with two attached hydrogens (primary N) is 1. The molecular formula is C20H25N3OS. The lowest BCUT2D eigenvalue weighted by Crippen LogP contribution is -2.28. The van der Waals surface area contributed by atoms with Gasteiger partial charge in [0.05, 0.1) is 4.75 Å². The van der Waals surface area contributed by atoms with Gasteiger partial charge in [0, 0.05) is 19.8 Å².